The van der Waals surface area contributed by atoms with Gasteiger partial charge in [-0.25, -0.2) is 18.7 Å². The van der Waals surface area contributed by atoms with Crippen LogP contribution in [0.4, 0.5) is 31.7 Å². The lowest BCUT2D eigenvalue weighted by Gasteiger charge is -2.32. The summed E-state index contributed by atoms with van der Waals surface area (Å²) in [5, 5.41) is 11.9. The molecule has 204 valence electrons. The average Bonchev–Trinajstić information content (AvgIpc) is 3.40. The molecule has 3 aliphatic heterocycles. The third-order valence-electron chi connectivity index (χ3n) is 7.00. The summed E-state index contributed by atoms with van der Waals surface area (Å²) < 4.78 is 40.4. The molecule has 4 N–H and O–H groups in total. The molecule has 0 saturated carbocycles. The highest BCUT2D eigenvalue weighted by molar-refractivity contribution is 5.95. The van der Waals surface area contributed by atoms with E-state index in [2.05, 4.69) is 31.2 Å². The van der Waals surface area contributed by atoms with Gasteiger partial charge >= 0.3 is 0 Å². The van der Waals surface area contributed by atoms with Gasteiger partial charge in [0.25, 0.3) is 6.43 Å². The summed E-state index contributed by atoms with van der Waals surface area (Å²) >= 11 is 0. The number of para-hydroxylation sites is 2. The van der Waals surface area contributed by atoms with Crippen LogP contribution < -0.4 is 26.2 Å². The highest BCUT2D eigenvalue weighted by Crippen LogP contribution is 2.42. The number of halogens is 2. The molecule has 4 heterocycles. The Bertz CT molecular complexity index is 1300. The number of rotatable bonds is 6. The minimum atomic E-state index is -2.85. The Morgan fingerprint density at radius 2 is 1.72 bits per heavy atom. The van der Waals surface area contributed by atoms with Gasteiger partial charge in [-0.05, 0) is 24.3 Å². The lowest BCUT2D eigenvalue weighted by atomic mass is 10.1. The summed E-state index contributed by atoms with van der Waals surface area (Å²) in [6.45, 7) is 3.72. The highest BCUT2D eigenvalue weighted by atomic mass is 19.3. The molecule has 10 nitrogen and oxygen atoms in total. The zero-order chi connectivity index (χ0) is 26.8. The lowest BCUT2D eigenvalue weighted by Crippen LogP contribution is -2.48. The van der Waals surface area contributed by atoms with Gasteiger partial charge in [0.15, 0.2) is 5.82 Å². The first-order valence-corrected chi connectivity index (χ1v) is 12.9. The molecule has 6 rings (SSSR count). The summed E-state index contributed by atoms with van der Waals surface area (Å²) in [5.74, 6) is 0.297. The number of anilines is 4. The number of amides is 1. The number of carbonyl (C=O) groups is 1. The molecule has 0 aliphatic carbocycles. The number of carbonyl (C=O) groups excluding carboxylic acids is 1. The van der Waals surface area contributed by atoms with Crippen LogP contribution in [-0.4, -0.2) is 74.4 Å². The number of morpholine rings is 2. The highest BCUT2D eigenvalue weighted by Gasteiger charge is 2.49. The van der Waals surface area contributed by atoms with Crippen molar-refractivity contribution in [3.05, 3.63) is 60.4 Å². The molecule has 1 aromatic heterocycles. The van der Waals surface area contributed by atoms with E-state index in [4.69, 9.17) is 9.47 Å². The van der Waals surface area contributed by atoms with Gasteiger partial charge in [0, 0.05) is 37.0 Å². The van der Waals surface area contributed by atoms with Gasteiger partial charge < -0.3 is 35.6 Å². The zero-order valence-electron chi connectivity index (χ0n) is 21.1. The number of hydrogen-bond donors (Lipinski definition) is 4. The van der Waals surface area contributed by atoms with Crippen LogP contribution in [0.15, 0.2) is 54.6 Å². The average molecular weight is 538 g/mol. The van der Waals surface area contributed by atoms with E-state index in [1.807, 2.05) is 4.90 Å². The van der Waals surface area contributed by atoms with E-state index in [0.29, 0.717) is 80.2 Å². The van der Waals surface area contributed by atoms with Gasteiger partial charge in [0.2, 0.25) is 11.6 Å². The van der Waals surface area contributed by atoms with Crippen LogP contribution in [0.1, 0.15) is 5.82 Å². The molecule has 0 bridgehead atoms. The van der Waals surface area contributed by atoms with Crippen LogP contribution in [0.3, 0.4) is 0 Å². The van der Waals surface area contributed by atoms with Gasteiger partial charge in [-0.2, -0.15) is 0 Å². The van der Waals surface area contributed by atoms with Gasteiger partial charge in [0.05, 0.1) is 43.5 Å². The minimum Gasteiger partial charge on any atom is -0.378 e. The standard InChI is InChI=1S/C27H29F2N7O3/c28-25(29)27(34-19-3-1-2-4-20(19)35-27)26-32-21(15-23(33-26)36-10-13-38-14-11-36)17-5-7-18(8-6-17)31-24(37)22-16-39-12-9-30-22/h1-8,15,22,25,30,34-35H,9-14,16H2,(H,31,37). The van der Waals surface area contributed by atoms with E-state index in [-0.39, 0.29) is 11.7 Å². The Hall–Kier alpha value is -3.87. The fourth-order valence-corrected chi connectivity index (χ4v) is 4.88. The van der Waals surface area contributed by atoms with Crippen LogP contribution in [0.25, 0.3) is 11.3 Å². The zero-order valence-corrected chi connectivity index (χ0v) is 21.1. The molecule has 2 saturated heterocycles. The quantitative estimate of drug-likeness (QED) is 0.377. The molecule has 0 radical (unpaired) electrons. The SMILES string of the molecule is O=C(Nc1ccc(-c2cc(N3CCOCC3)nc(C3(C(F)F)Nc4ccccc4N3)n2)cc1)C1COCCN1. The van der Waals surface area contributed by atoms with Crippen molar-refractivity contribution in [3.63, 3.8) is 0 Å². The van der Waals surface area contributed by atoms with E-state index in [9.17, 15) is 13.6 Å². The molecule has 12 heteroatoms. The van der Waals surface area contributed by atoms with E-state index < -0.39 is 18.1 Å². The van der Waals surface area contributed by atoms with Crippen molar-refractivity contribution in [2.45, 2.75) is 18.1 Å². The molecule has 1 atom stereocenters. The summed E-state index contributed by atoms with van der Waals surface area (Å²) in [6.07, 6.45) is -2.85. The Kier molecular flexibility index (Phi) is 6.98. The number of nitrogens with zero attached hydrogens (tertiary/aromatic N) is 3. The van der Waals surface area contributed by atoms with Crippen LogP contribution >= 0.6 is 0 Å². The number of hydrogen-bond acceptors (Lipinski definition) is 9. The van der Waals surface area contributed by atoms with Crippen molar-refractivity contribution < 1.29 is 23.0 Å². The van der Waals surface area contributed by atoms with E-state index >= 15 is 0 Å². The number of benzene rings is 2. The van der Waals surface area contributed by atoms with Gasteiger partial charge in [-0.3, -0.25) is 4.79 Å². The normalized spacial score (nSPS) is 20.2. The van der Waals surface area contributed by atoms with Crippen LogP contribution in [-0.2, 0) is 19.9 Å². The molecule has 3 aliphatic rings. The van der Waals surface area contributed by atoms with E-state index in [1.54, 1.807) is 54.6 Å². The predicted molar refractivity (Wildman–Crippen MR) is 143 cm³/mol. The lowest BCUT2D eigenvalue weighted by molar-refractivity contribution is -0.120. The van der Waals surface area contributed by atoms with Crippen LogP contribution in [0.2, 0.25) is 0 Å². The number of ether oxygens (including phenoxy) is 2. The predicted octanol–water partition coefficient (Wildman–Crippen LogP) is 2.86. The van der Waals surface area contributed by atoms with Gasteiger partial charge in [-0.1, -0.05) is 24.3 Å². The van der Waals surface area contributed by atoms with Crippen molar-refractivity contribution >= 4 is 28.8 Å². The minimum absolute atomic E-state index is 0.0616. The second-order valence-corrected chi connectivity index (χ2v) is 9.59. The third-order valence-corrected chi connectivity index (χ3v) is 7.00. The summed E-state index contributed by atoms with van der Waals surface area (Å²) in [7, 11) is 0. The van der Waals surface area contributed by atoms with E-state index in [1.165, 1.54) is 0 Å². The van der Waals surface area contributed by atoms with Crippen molar-refractivity contribution in [1.82, 2.24) is 15.3 Å². The maximum Gasteiger partial charge on any atom is 0.286 e. The second kappa shape index (κ2) is 10.7. The van der Waals surface area contributed by atoms with Crippen molar-refractivity contribution in [1.29, 1.82) is 0 Å². The van der Waals surface area contributed by atoms with Crippen LogP contribution in [0, 0.1) is 0 Å². The maximum absolute atomic E-state index is 14.8. The topological polar surface area (TPSA) is 113 Å². The van der Waals surface area contributed by atoms with Gasteiger partial charge in [-0.15, -0.1) is 0 Å². The maximum atomic E-state index is 14.8. The number of alkyl halides is 2. The third kappa shape index (κ3) is 5.10. The molecule has 39 heavy (non-hydrogen) atoms. The van der Waals surface area contributed by atoms with Gasteiger partial charge in [0.1, 0.15) is 11.9 Å². The first-order chi connectivity index (χ1) is 19.0. The number of aromatic nitrogens is 2. The summed E-state index contributed by atoms with van der Waals surface area (Å²) in [6, 6.07) is 15.5. The fraction of sp³-hybridized carbons (Fsp3) is 0.370. The Morgan fingerprint density at radius 3 is 2.36 bits per heavy atom. The van der Waals surface area contributed by atoms with E-state index in [0.717, 1.165) is 0 Å². The molecule has 2 fully saturated rings. The Labute approximate surface area is 224 Å². The number of nitrogens with one attached hydrogen (secondary N) is 4. The molecule has 2 aromatic carbocycles. The monoisotopic (exact) mass is 537 g/mol. The Balaban J connectivity index is 1.33. The summed E-state index contributed by atoms with van der Waals surface area (Å²) in [4.78, 5) is 23.8. The molecule has 0 spiro atoms. The summed E-state index contributed by atoms with van der Waals surface area (Å²) in [5.41, 5.74) is 0.906. The van der Waals surface area contributed by atoms with Crippen molar-refractivity contribution in [3.8, 4) is 11.3 Å². The Morgan fingerprint density at radius 1 is 1.00 bits per heavy atom. The second-order valence-electron chi connectivity index (χ2n) is 9.59. The largest absolute Gasteiger partial charge is 0.378 e. The number of fused-ring (bicyclic) bond motifs is 1. The molecule has 1 amide bonds. The fourth-order valence-electron chi connectivity index (χ4n) is 4.88. The first-order valence-electron chi connectivity index (χ1n) is 12.9. The van der Waals surface area contributed by atoms with Crippen LogP contribution in [0.5, 0.6) is 0 Å². The van der Waals surface area contributed by atoms with Crippen molar-refractivity contribution in [2.24, 2.45) is 0 Å². The molecule has 3 aromatic rings. The first kappa shape index (κ1) is 25.4. The molecular weight excluding hydrogens is 508 g/mol. The molecule has 1 unspecified atom stereocenters. The smallest absolute Gasteiger partial charge is 0.286 e. The van der Waals surface area contributed by atoms with Crippen molar-refractivity contribution in [2.75, 3.05) is 66.9 Å². The molecular formula is C27H29F2N7O3.